The highest BCUT2D eigenvalue weighted by Gasteiger charge is 2.29. The molecule has 0 unspecified atom stereocenters. The maximum absolute atomic E-state index is 6.60. The lowest BCUT2D eigenvalue weighted by Gasteiger charge is -2.21. The summed E-state index contributed by atoms with van der Waals surface area (Å²) >= 11 is 20.5. The highest BCUT2D eigenvalue weighted by molar-refractivity contribution is 7.14. The zero-order chi connectivity index (χ0) is 24.7. The van der Waals surface area contributed by atoms with Crippen LogP contribution in [0.15, 0.2) is 72.8 Å². The van der Waals surface area contributed by atoms with Crippen molar-refractivity contribution in [3.8, 4) is 27.6 Å². The molecule has 0 aliphatic rings. The molecule has 0 fully saturated rings. The molecule has 0 saturated heterocycles. The van der Waals surface area contributed by atoms with E-state index in [1.54, 1.807) is 23.5 Å². The molecule has 2 heterocycles. The molecule has 5 aromatic rings. The molecule has 0 amide bonds. The Morgan fingerprint density at radius 1 is 0.829 bits per heavy atom. The van der Waals surface area contributed by atoms with Crippen LogP contribution in [0.5, 0.6) is 0 Å². The van der Waals surface area contributed by atoms with Crippen LogP contribution in [0.1, 0.15) is 30.0 Å². The predicted molar refractivity (Wildman–Crippen MR) is 146 cm³/mol. The second kappa shape index (κ2) is 9.40. The fourth-order valence-electron chi connectivity index (χ4n) is 4.02. The van der Waals surface area contributed by atoms with Gasteiger partial charge in [-0.15, -0.1) is 10.2 Å². The van der Waals surface area contributed by atoms with Crippen molar-refractivity contribution in [1.29, 1.82) is 0 Å². The highest BCUT2D eigenvalue weighted by Crippen LogP contribution is 2.40. The van der Waals surface area contributed by atoms with Crippen LogP contribution in [-0.4, -0.2) is 20.0 Å². The Morgan fingerprint density at radius 3 is 2.20 bits per heavy atom. The molecule has 2 aromatic heterocycles. The van der Waals surface area contributed by atoms with Crippen molar-refractivity contribution in [2.75, 3.05) is 0 Å². The molecule has 0 atom stereocenters. The third kappa shape index (κ3) is 4.50. The van der Waals surface area contributed by atoms with E-state index in [9.17, 15) is 0 Å². The van der Waals surface area contributed by atoms with Crippen molar-refractivity contribution in [1.82, 2.24) is 20.0 Å². The molecule has 0 saturated carbocycles. The van der Waals surface area contributed by atoms with Gasteiger partial charge in [-0.1, -0.05) is 88.6 Å². The minimum atomic E-state index is -0.286. The van der Waals surface area contributed by atoms with Gasteiger partial charge in [0, 0.05) is 26.6 Å². The molecule has 5 rings (SSSR count). The Bertz CT molecular complexity index is 1510. The Labute approximate surface area is 223 Å². The van der Waals surface area contributed by atoms with E-state index in [4.69, 9.17) is 39.9 Å². The van der Waals surface area contributed by atoms with Crippen LogP contribution in [0.25, 0.3) is 27.6 Å². The molecule has 4 nitrogen and oxygen atoms in total. The van der Waals surface area contributed by atoms with E-state index in [0.29, 0.717) is 15.1 Å². The van der Waals surface area contributed by atoms with Gasteiger partial charge >= 0.3 is 0 Å². The van der Waals surface area contributed by atoms with Crippen molar-refractivity contribution >= 4 is 46.1 Å². The number of halogens is 3. The number of hydrogen-bond acceptors (Lipinski definition) is 4. The van der Waals surface area contributed by atoms with Crippen molar-refractivity contribution in [3.05, 3.63) is 104 Å². The lowest BCUT2D eigenvalue weighted by atomic mass is 9.85. The monoisotopic (exact) mass is 538 g/mol. The number of nitrogens with zero attached hydrogens (tertiary/aromatic N) is 4. The zero-order valence-electron chi connectivity index (χ0n) is 19.3. The van der Waals surface area contributed by atoms with Gasteiger partial charge in [0.15, 0.2) is 5.01 Å². The summed E-state index contributed by atoms with van der Waals surface area (Å²) in [5, 5.41) is 17.5. The summed E-state index contributed by atoms with van der Waals surface area (Å²) in [5.74, 6) is 0. The molecule has 0 spiro atoms. The topological polar surface area (TPSA) is 43.6 Å². The Hall–Kier alpha value is -2.70. The van der Waals surface area contributed by atoms with Gasteiger partial charge in [-0.05, 0) is 56.7 Å². The van der Waals surface area contributed by atoms with Crippen LogP contribution in [0.2, 0.25) is 15.1 Å². The van der Waals surface area contributed by atoms with Crippen LogP contribution < -0.4 is 0 Å². The SMILES string of the molecule is Cc1c(-c2nnc(C(C)(C)c3ccccc3)s2)nn(-c2ccc(Cl)cc2Cl)c1-c1ccc(Cl)cc1. The first kappa shape index (κ1) is 24.0. The van der Waals surface area contributed by atoms with Crippen molar-refractivity contribution in [3.63, 3.8) is 0 Å². The molecular formula is C27H21Cl3N4S. The highest BCUT2D eigenvalue weighted by atomic mass is 35.5. The number of hydrogen-bond donors (Lipinski definition) is 0. The predicted octanol–water partition coefficient (Wildman–Crippen LogP) is 8.65. The van der Waals surface area contributed by atoms with E-state index >= 15 is 0 Å². The molecule has 0 N–H and O–H groups in total. The van der Waals surface area contributed by atoms with E-state index < -0.39 is 0 Å². The van der Waals surface area contributed by atoms with Crippen LogP contribution in [0, 0.1) is 6.92 Å². The molecule has 3 aromatic carbocycles. The average Bonchev–Trinajstić information content (AvgIpc) is 3.46. The average molecular weight is 540 g/mol. The second-order valence-electron chi connectivity index (χ2n) is 8.74. The van der Waals surface area contributed by atoms with E-state index in [-0.39, 0.29) is 5.41 Å². The standard InChI is InChI=1S/C27H21Cl3N4S/c1-16-23(25-31-32-26(35-25)27(2,3)18-7-5-4-6-8-18)33-34(22-14-13-20(29)15-21(22)30)24(16)17-9-11-19(28)12-10-17/h4-15H,1-3H3. The van der Waals surface area contributed by atoms with Crippen LogP contribution in [0.3, 0.4) is 0 Å². The number of rotatable bonds is 5. The molecule has 176 valence electrons. The lowest BCUT2D eigenvalue weighted by Crippen LogP contribution is -2.18. The van der Waals surface area contributed by atoms with Crippen molar-refractivity contribution in [2.45, 2.75) is 26.2 Å². The summed E-state index contributed by atoms with van der Waals surface area (Å²) < 4.78 is 1.84. The summed E-state index contributed by atoms with van der Waals surface area (Å²) in [7, 11) is 0. The molecule has 35 heavy (non-hydrogen) atoms. The van der Waals surface area contributed by atoms with Crippen molar-refractivity contribution < 1.29 is 0 Å². The van der Waals surface area contributed by atoms with Crippen molar-refractivity contribution in [2.24, 2.45) is 0 Å². The fraction of sp³-hybridized carbons (Fsp3) is 0.148. The first-order valence-electron chi connectivity index (χ1n) is 11.0. The van der Waals surface area contributed by atoms with Gasteiger partial charge in [0.25, 0.3) is 0 Å². The minimum Gasteiger partial charge on any atom is -0.231 e. The molecule has 0 radical (unpaired) electrons. The van der Waals surface area contributed by atoms with Gasteiger partial charge in [0.05, 0.1) is 16.4 Å². The summed E-state index contributed by atoms with van der Waals surface area (Å²) in [5.41, 5.74) is 5.22. The normalized spacial score (nSPS) is 11.7. The number of aromatic nitrogens is 4. The van der Waals surface area contributed by atoms with E-state index in [2.05, 4.69) is 36.2 Å². The van der Waals surface area contributed by atoms with Crippen LogP contribution in [0.4, 0.5) is 0 Å². The van der Waals surface area contributed by atoms with E-state index in [0.717, 1.165) is 38.2 Å². The Kier molecular flexibility index (Phi) is 6.45. The van der Waals surface area contributed by atoms with E-state index in [1.165, 1.54) is 5.56 Å². The van der Waals surface area contributed by atoms with Crippen LogP contribution >= 0.6 is 46.1 Å². The minimum absolute atomic E-state index is 0.286. The summed E-state index contributed by atoms with van der Waals surface area (Å²) in [6, 6.07) is 23.4. The lowest BCUT2D eigenvalue weighted by molar-refractivity contribution is 0.626. The molecule has 0 aliphatic heterocycles. The van der Waals surface area contributed by atoms with E-state index in [1.807, 2.05) is 60.1 Å². The Morgan fingerprint density at radius 2 is 1.51 bits per heavy atom. The maximum Gasteiger partial charge on any atom is 0.168 e. The zero-order valence-corrected chi connectivity index (χ0v) is 22.3. The van der Waals surface area contributed by atoms with Gasteiger partial charge in [-0.25, -0.2) is 4.68 Å². The largest absolute Gasteiger partial charge is 0.231 e. The molecule has 0 aliphatic carbocycles. The van der Waals surface area contributed by atoms with Gasteiger partial charge < -0.3 is 0 Å². The molecular weight excluding hydrogens is 519 g/mol. The molecule has 0 bridgehead atoms. The first-order chi connectivity index (χ1) is 16.8. The van der Waals surface area contributed by atoms with Gasteiger partial charge in [0.1, 0.15) is 10.7 Å². The third-order valence-electron chi connectivity index (χ3n) is 6.04. The summed E-state index contributed by atoms with van der Waals surface area (Å²) in [4.78, 5) is 0. The summed E-state index contributed by atoms with van der Waals surface area (Å²) in [6.45, 7) is 6.35. The first-order valence-corrected chi connectivity index (χ1v) is 12.9. The quantitative estimate of drug-likeness (QED) is 0.224. The second-order valence-corrected chi connectivity index (χ2v) is 11.0. The maximum atomic E-state index is 6.60. The van der Waals surface area contributed by atoms with Crippen LogP contribution in [-0.2, 0) is 5.41 Å². The summed E-state index contributed by atoms with van der Waals surface area (Å²) in [6.07, 6.45) is 0. The fourth-order valence-corrected chi connectivity index (χ4v) is 5.65. The van der Waals surface area contributed by atoms with Gasteiger partial charge in [0.2, 0.25) is 0 Å². The molecule has 8 heteroatoms. The van der Waals surface area contributed by atoms with Gasteiger partial charge in [-0.2, -0.15) is 5.10 Å². The Balaban J connectivity index is 1.67. The van der Waals surface area contributed by atoms with Gasteiger partial charge in [-0.3, -0.25) is 0 Å². The number of benzene rings is 3. The third-order valence-corrected chi connectivity index (χ3v) is 8.08. The smallest absolute Gasteiger partial charge is 0.168 e.